The van der Waals surface area contributed by atoms with Gasteiger partial charge in [-0.3, -0.25) is 9.59 Å². The van der Waals surface area contributed by atoms with Gasteiger partial charge in [0, 0.05) is 17.6 Å². The first-order valence-corrected chi connectivity index (χ1v) is 7.76. The molecule has 0 radical (unpaired) electrons. The second-order valence-corrected chi connectivity index (χ2v) is 5.62. The lowest BCUT2D eigenvalue weighted by Gasteiger charge is -2.11. The van der Waals surface area contributed by atoms with E-state index in [-0.39, 0.29) is 5.56 Å². The van der Waals surface area contributed by atoms with E-state index in [1.54, 1.807) is 36.4 Å². The zero-order valence-electron chi connectivity index (χ0n) is 13.6. The molecule has 1 amide bonds. The maximum Gasteiger partial charge on any atom is 0.261 e. The van der Waals surface area contributed by atoms with E-state index in [0.717, 1.165) is 0 Å². The van der Waals surface area contributed by atoms with Gasteiger partial charge in [-0.1, -0.05) is 17.7 Å². The summed E-state index contributed by atoms with van der Waals surface area (Å²) in [7, 11) is 3.02. The van der Waals surface area contributed by atoms with Gasteiger partial charge < -0.3 is 19.8 Å². The summed E-state index contributed by atoms with van der Waals surface area (Å²) in [5.41, 5.74) is 0.500. The number of amides is 1. The summed E-state index contributed by atoms with van der Waals surface area (Å²) in [6.45, 7) is 0. The van der Waals surface area contributed by atoms with Crippen LogP contribution in [0.4, 0.5) is 5.69 Å². The van der Waals surface area contributed by atoms with Crippen LogP contribution >= 0.6 is 11.6 Å². The van der Waals surface area contributed by atoms with E-state index in [1.807, 2.05) is 0 Å². The van der Waals surface area contributed by atoms with Crippen molar-refractivity contribution in [3.63, 3.8) is 0 Å². The Morgan fingerprint density at radius 1 is 1.16 bits per heavy atom. The van der Waals surface area contributed by atoms with Crippen LogP contribution in [0.15, 0.2) is 47.4 Å². The molecule has 0 aliphatic heterocycles. The Balaban J connectivity index is 1.98. The number of benzene rings is 2. The summed E-state index contributed by atoms with van der Waals surface area (Å²) < 4.78 is 10.4. The first-order chi connectivity index (χ1) is 12.0. The number of aromatic amines is 1. The second kappa shape index (κ2) is 6.86. The maximum atomic E-state index is 12.6. The first kappa shape index (κ1) is 16.9. The van der Waals surface area contributed by atoms with Crippen LogP contribution in [0.3, 0.4) is 0 Å². The summed E-state index contributed by atoms with van der Waals surface area (Å²) in [4.78, 5) is 28.0. The van der Waals surface area contributed by atoms with Crippen molar-refractivity contribution < 1.29 is 14.3 Å². The van der Waals surface area contributed by atoms with Gasteiger partial charge in [-0.15, -0.1) is 0 Å². The number of ether oxygens (including phenoxy) is 2. The quantitative estimate of drug-likeness (QED) is 0.748. The molecule has 3 aromatic rings. The Labute approximate surface area is 148 Å². The van der Waals surface area contributed by atoms with Crippen molar-refractivity contribution in [3.05, 3.63) is 63.4 Å². The van der Waals surface area contributed by atoms with Gasteiger partial charge >= 0.3 is 0 Å². The van der Waals surface area contributed by atoms with Crippen LogP contribution in [0, 0.1) is 0 Å². The second-order valence-electron chi connectivity index (χ2n) is 5.21. The molecule has 0 atom stereocenters. The number of carbonyl (C=O) groups excluding carboxylic acids is 1. The first-order valence-electron chi connectivity index (χ1n) is 7.38. The predicted molar refractivity (Wildman–Crippen MR) is 97.1 cm³/mol. The molecule has 0 aliphatic rings. The lowest BCUT2D eigenvalue weighted by atomic mass is 10.1. The minimum atomic E-state index is -0.549. The molecule has 2 aromatic carbocycles. The van der Waals surface area contributed by atoms with Gasteiger partial charge in [0.2, 0.25) is 5.43 Å². The largest absolute Gasteiger partial charge is 0.497 e. The van der Waals surface area contributed by atoms with Gasteiger partial charge in [-0.25, -0.2) is 0 Å². The zero-order chi connectivity index (χ0) is 18.0. The molecule has 0 fully saturated rings. The summed E-state index contributed by atoms with van der Waals surface area (Å²) in [5.74, 6) is 0.465. The molecule has 0 unspecified atom stereocenters. The molecule has 3 rings (SSSR count). The maximum absolute atomic E-state index is 12.6. The molecule has 0 aliphatic carbocycles. The average molecular weight is 359 g/mol. The number of anilines is 1. The number of hydrogen-bond donors (Lipinski definition) is 2. The Hall–Kier alpha value is -2.99. The summed E-state index contributed by atoms with van der Waals surface area (Å²) in [6, 6.07) is 9.91. The minimum Gasteiger partial charge on any atom is -0.497 e. The minimum absolute atomic E-state index is 0.0207. The normalized spacial score (nSPS) is 10.5. The van der Waals surface area contributed by atoms with E-state index in [1.165, 1.54) is 20.4 Å². The van der Waals surface area contributed by atoms with Crippen LogP contribution in [0.1, 0.15) is 10.4 Å². The van der Waals surface area contributed by atoms with Gasteiger partial charge in [0.1, 0.15) is 17.1 Å². The van der Waals surface area contributed by atoms with Crippen molar-refractivity contribution in [1.82, 2.24) is 4.98 Å². The van der Waals surface area contributed by atoms with Crippen molar-refractivity contribution in [2.45, 2.75) is 0 Å². The fraction of sp³-hybridized carbons (Fsp3) is 0.111. The smallest absolute Gasteiger partial charge is 0.261 e. The number of aromatic nitrogens is 1. The number of methoxy groups -OCH3 is 2. The molecule has 1 aromatic heterocycles. The Morgan fingerprint density at radius 2 is 1.96 bits per heavy atom. The predicted octanol–water partition coefficient (Wildman–Crippen LogP) is 3.45. The fourth-order valence-corrected chi connectivity index (χ4v) is 2.70. The fourth-order valence-electron chi connectivity index (χ4n) is 2.48. The number of H-pyrrole nitrogens is 1. The van der Waals surface area contributed by atoms with Crippen molar-refractivity contribution in [3.8, 4) is 11.5 Å². The summed E-state index contributed by atoms with van der Waals surface area (Å²) in [5, 5.41) is 3.44. The number of pyridine rings is 1. The van der Waals surface area contributed by atoms with Crippen molar-refractivity contribution >= 4 is 34.1 Å². The van der Waals surface area contributed by atoms with E-state index < -0.39 is 11.3 Å². The van der Waals surface area contributed by atoms with E-state index in [0.29, 0.717) is 33.1 Å². The van der Waals surface area contributed by atoms with Crippen molar-refractivity contribution in [1.29, 1.82) is 0 Å². The van der Waals surface area contributed by atoms with E-state index in [4.69, 9.17) is 21.1 Å². The van der Waals surface area contributed by atoms with Gasteiger partial charge in [-0.2, -0.15) is 0 Å². The topological polar surface area (TPSA) is 80.4 Å². The monoisotopic (exact) mass is 358 g/mol. The molecule has 25 heavy (non-hydrogen) atoms. The molecule has 7 heteroatoms. The van der Waals surface area contributed by atoms with Gasteiger partial charge in [0.05, 0.1) is 30.4 Å². The molecule has 6 nitrogen and oxygen atoms in total. The van der Waals surface area contributed by atoms with Crippen molar-refractivity contribution in [2.24, 2.45) is 0 Å². The lowest BCUT2D eigenvalue weighted by Crippen LogP contribution is -2.22. The third kappa shape index (κ3) is 3.16. The molecule has 2 N–H and O–H groups in total. The molecular formula is C18H15ClN2O4. The number of nitrogens with one attached hydrogen (secondary N) is 2. The SMILES string of the molecule is COc1ccc(NC(=O)c2c[nH]c3c(Cl)cccc3c2=O)c(OC)c1. The van der Waals surface area contributed by atoms with Crippen LogP contribution < -0.4 is 20.2 Å². The number of carbonyl (C=O) groups is 1. The molecule has 128 valence electrons. The van der Waals surface area contributed by atoms with Crippen LogP contribution in [-0.4, -0.2) is 25.1 Å². The highest BCUT2D eigenvalue weighted by Crippen LogP contribution is 2.29. The molecule has 0 bridgehead atoms. The van der Waals surface area contributed by atoms with Gasteiger partial charge in [0.15, 0.2) is 0 Å². The van der Waals surface area contributed by atoms with E-state index in [2.05, 4.69) is 10.3 Å². The number of rotatable bonds is 4. The van der Waals surface area contributed by atoms with Crippen LogP contribution in [-0.2, 0) is 0 Å². The number of halogens is 1. The third-order valence-electron chi connectivity index (χ3n) is 3.77. The Bertz CT molecular complexity index is 1010. The average Bonchev–Trinajstić information content (AvgIpc) is 2.63. The highest BCUT2D eigenvalue weighted by Gasteiger charge is 2.16. The highest BCUT2D eigenvalue weighted by molar-refractivity contribution is 6.35. The van der Waals surface area contributed by atoms with Gasteiger partial charge in [-0.05, 0) is 24.3 Å². The van der Waals surface area contributed by atoms with Crippen molar-refractivity contribution in [2.75, 3.05) is 19.5 Å². The van der Waals surface area contributed by atoms with E-state index in [9.17, 15) is 9.59 Å². The Morgan fingerprint density at radius 3 is 2.68 bits per heavy atom. The van der Waals surface area contributed by atoms with Crippen LogP contribution in [0.5, 0.6) is 11.5 Å². The zero-order valence-corrected chi connectivity index (χ0v) is 14.3. The van der Waals surface area contributed by atoms with Crippen LogP contribution in [0.25, 0.3) is 10.9 Å². The van der Waals surface area contributed by atoms with Crippen LogP contribution in [0.2, 0.25) is 5.02 Å². The van der Waals surface area contributed by atoms with Gasteiger partial charge in [0.25, 0.3) is 5.91 Å². The summed E-state index contributed by atoms with van der Waals surface area (Å²) >= 11 is 6.06. The Kier molecular flexibility index (Phi) is 4.63. The highest BCUT2D eigenvalue weighted by atomic mass is 35.5. The number of hydrogen-bond acceptors (Lipinski definition) is 4. The molecule has 0 saturated heterocycles. The lowest BCUT2D eigenvalue weighted by molar-refractivity contribution is 0.102. The van der Waals surface area contributed by atoms with E-state index >= 15 is 0 Å². The third-order valence-corrected chi connectivity index (χ3v) is 4.08. The molecule has 1 heterocycles. The number of para-hydroxylation sites is 1. The summed E-state index contributed by atoms with van der Waals surface area (Å²) in [6.07, 6.45) is 1.35. The molecule has 0 saturated carbocycles. The molecule has 0 spiro atoms. The standard InChI is InChI=1S/C18H15ClN2O4/c1-24-10-6-7-14(15(8-10)25-2)21-18(23)12-9-20-16-11(17(12)22)4-3-5-13(16)19/h3-9H,1-2H3,(H,20,22)(H,21,23). The number of fused-ring (bicyclic) bond motifs is 1. The molecular weight excluding hydrogens is 344 g/mol.